The fourth-order valence-electron chi connectivity index (χ4n) is 3.31. The fourth-order valence-corrected chi connectivity index (χ4v) is 4.34. The maximum absolute atomic E-state index is 12.7. The van der Waals surface area contributed by atoms with E-state index < -0.39 is 10.0 Å². The molecule has 7 nitrogen and oxygen atoms in total. The normalized spacial score (nSPS) is 16.4. The summed E-state index contributed by atoms with van der Waals surface area (Å²) in [6.45, 7) is 3.28. The largest absolute Gasteiger partial charge is 0.379 e. The van der Waals surface area contributed by atoms with Gasteiger partial charge in [0.2, 0.25) is 10.0 Å². The van der Waals surface area contributed by atoms with Crippen molar-refractivity contribution in [2.45, 2.75) is 10.9 Å². The first-order valence-corrected chi connectivity index (χ1v) is 11.5. The van der Waals surface area contributed by atoms with Crippen LogP contribution in [0.3, 0.4) is 0 Å². The molecule has 0 saturated carbocycles. The summed E-state index contributed by atoms with van der Waals surface area (Å²) in [5.41, 5.74) is 1.47. The number of hydrogen-bond donors (Lipinski definition) is 1. The summed E-state index contributed by atoms with van der Waals surface area (Å²) < 4.78 is 31.0. The number of benzene rings is 2. The molecule has 1 saturated heterocycles. The van der Waals surface area contributed by atoms with Gasteiger partial charge in [-0.1, -0.05) is 23.7 Å². The van der Waals surface area contributed by atoms with Crippen molar-refractivity contribution in [3.63, 3.8) is 0 Å². The molecule has 1 heterocycles. The summed E-state index contributed by atoms with van der Waals surface area (Å²) in [6, 6.07) is 13.6. The van der Waals surface area contributed by atoms with Crippen LogP contribution in [0.15, 0.2) is 53.4 Å². The summed E-state index contributed by atoms with van der Waals surface area (Å²) in [6.07, 6.45) is 0. The van der Waals surface area contributed by atoms with Crippen LogP contribution in [-0.2, 0) is 14.8 Å². The Bertz CT molecular complexity index is 957. The van der Waals surface area contributed by atoms with E-state index in [0.717, 1.165) is 23.0 Å². The number of amides is 1. The average molecular weight is 452 g/mol. The molecule has 0 aliphatic carbocycles. The SMILES string of the molecule is CN(C)S(=O)(=O)c1ccc(C(=O)NCC(c2ccc(Cl)cc2)N2CCOCC2)cc1. The third-order valence-corrected chi connectivity index (χ3v) is 7.17. The molecule has 0 spiro atoms. The van der Waals surface area contributed by atoms with Crippen molar-refractivity contribution in [2.75, 3.05) is 46.9 Å². The van der Waals surface area contributed by atoms with Crippen molar-refractivity contribution < 1.29 is 17.9 Å². The van der Waals surface area contributed by atoms with Crippen LogP contribution in [0.1, 0.15) is 22.0 Å². The zero-order valence-electron chi connectivity index (χ0n) is 17.0. The quantitative estimate of drug-likeness (QED) is 0.699. The second kappa shape index (κ2) is 9.89. The van der Waals surface area contributed by atoms with Crippen LogP contribution < -0.4 is 5.32 Å². The van der Waals surface area contributed by atoms with Crippen LogP contribution in [0.25, 0.3) is 0 Å². The average Bonchev–Trinajstić information content (AvgIpc) is 2.75. The highest BCUT2D eigenvalue weighted by atomic mass is 35.5. The van der Waals surface area contributed by atoms with E-state index in [9.17, 15) is 13.2 Å². The molecule has 0 bridgehead atoms. The molecule has 1 fully saturated rings. The van der Waals surface area contributed by atoms with E-state index in [0.29, 0.717) is 30.3 Å². The highest BCUT2D eigenvalue weighted by Crippen LogP contribution is 2.23. The lowest BCUT2D eigenvalue weighted by atomic mass is 10.0. The topological polar surface area (TPSA) is 79.0 Å². The Morgan fingerprint density at radius 1 is 1.10 bits per heavy atom. The maximum atomic E-state index is 12.7. The summed E-state index contributed by atoms with van der Waals surface area (Å²) >= 11 is 6.02. The van der Waals surface area contributed by atoms with Crippen LogP contribution in [0.2, 0.25) is 5.02 Å². The molecule has 3 rings (SSSR count). The minimum atomic E-state index is -3.53. The van der Waals surface area contributed by atoms with Gasteiger partial charge in [0.05, 0.1) is 24.2 Å². The molecule has 162 valence electrons. The standard InChI is InChI=1S/C21H26ClN3O4S/c1-24(2)30(27,28)19-9-5-17(6-10-19)21(26)23-15-20(25-11-13-29-14-12-25)16-3-7-18(22)8-4-16/h3-10,20H,11-15H2,1-2H3,(H,23,26). The number of carbonyl (C=O) groups excluding carboxylic acids is 1. The van der Waals surface area contributed by atoms with Gasteiger partial charge in [-0.25, -0.2) is 12.7 Å². The molecule has 1 amide bonds. The Morgan fingerprint density at radius 2 is 1.70 bits per heavy atom. The predicted molar refractivity (Wildman–Crippen MR) is 116 cm³/mol. The Morgan fingerprint density at radius 3 is 2.27 bits per heavy atom. The number of morpholine rings is 1. The van der Waals surface area contributed by atoms with Gasteiger partial charge in [-0.15, -0.1) is 0 Å². The van der Waals surface area contributed by atoms with E-state index in [4.69, 9.17) is 16.3 Å². The van der Waals surface area contributed by atoms with Crippen molar-refractivity contribution in [3.8, 4) is 0 Å². The van der Waals surface area contributed by atoms with Crippen molar-refractivity contribution in [3.05, 3.63) is 64.7 Å². The van der Waals surface area contributed by atoms with E-state index in [-0.39, 0.29) is 16.8 Å². The first kappa shape index (κ1) is 22.7. The van der Waals surface area contributed by atoms with Crippen molar-refractivity contribution in [1.82, 2.24) is 14.5 Å². The molecule has 0 aromatic heterocycles. The molecule has 1 aliphatic rings. The number of carbonyl (C=O) groups is 1. The first-order chi connectivity index (χ1) is 14.3. The van der Waals surface area contributed by atoms with Gasteiger partial charge in [-0.3, -0.25) is 9.69 Å². The van der Waals surface area contributed by atoms with E-state index in [1.165, 1.54) is 38.4 Å². The zero-order chi connectivity index (χ0) is 21.7. The summed E-state index contributed by atoms with van der Waals surface area (Å²) in [7, 11) is -0.585. The maximum Gasteiger partial charge on any atom is 0.251 e. The summed E-state index contributed by atoms with van der Waals surface area (Å²) in [4.78, 5) is 15.1. The number of rotatable bonds is 7. The number of halogens is 1. The zero-order valence-corrected chi connectivity index (χ0v) is 18.6. The van der Waals surface area contributed by atoms with E-state index in [2.05, 4.69) is 10.2 Å². The van der Waals surface area contributed by atoms with Crippen LogP contribution in [0, 0.1) is 0 Å². The van der Waals surface area contributed by atoms with Crippen molar-refractivity contribution in [1.29, 1.82) is 0 Å². The third kappa shape index (κ3) is 5.39. The Labute approximate surface area is 182 Å². The number of nitrogens with one attached hydrogen (secondary N) is 1. The molecule has 9 heteroatoms. The molecule has 1 N–H and O–H groups in total. The predicted octanol–water partition coefficient (Wildman–Crippen LogP) is 2.39. The Balaban J connectivity index is 1.71. The third-order valence-electron chi connectivity index (χ3n) is 5.09. The lowest BCUT2D eigenvalue weighted by Gasteiger charge is -2.35. The van der Waals surface area contributed by atoms with Crippen molar-refractivity contribution >= 4 is 27.5 Å². The smallest absolute Gasteiger partial charge is 0.251 e. The summed E-state index contributed by atoms with van der Waals surface area (Å²) in [5.74, 6) is -0.254. The van der Waals surface area contributed by atoms with Gasteiger partial charge in [0, 0.05) is 44.3 Å². The van der Waals surface area contributed by atoms with Gasteiger partial charge < -0.3 is 10.1 Å². The van der Waals surface area contributed by atoms with Crippen LogP contribution in [0.5, 0.6) is 0 Å². The highest BCUT2D eigenvalue weighted by molar-refractivity contribution is 7.89. The summed E-state index contributed by atoms with van der Waals surface area (Å²) in [5, 5.41) is 3.64. The van der Waals surface area contributed by atoms with Gasteiger partial charge in [0.1, 0.15) is 0 Å². The van der Waals surface area contributed by atoms with Gasteiger partial charge >= 0.3 is 0 Å². The number of ether oxygens (including phenoxy) is 1. The van der Waals surface area contributed by atoms with E-state index in [1.807, 2.05) is 24.3 Å². The first-order valence-electron chi connectivity index (χ1n) is 9.67. The monoisotopic (exact) mass is 451 g/mol. The Kier molecular flexibility index (Phi) is 7.49. The second-order valence-electron chi connectivity index (χ2n) is 7.24. The van der Waals surface area contributed by atoms with Gasteiger partial charge in [-0.05, 0) is 42.0 Å². The second-order valence-corrected chi connectivity index (χ2v) is 9.83. The minimum absolute atomic E-state index is 0.0106. The highest BCUT2D eigenvalue weighted by Gasteiger charge is 2.24. The minimum Gasteiger partial charge on any atom is -0.379 e. The lowest BCUT2D eigenvalue weighted by Crippen LogP contribution is -2.43. The number of nitrogens with zero attached hydrogens (tertiary/aromatic N) is 2. The molecule has 1 aliphatic heterocycles. The molecule has 2 aromatic rings. The lowest BCUT2D eigenvalue weighted by molar-refractivity contribution is 0.0162. The molecular weight excluding hydrogens is 426 g/mol. The fraction of sp³-hybridized carbons (Fsp3) is 0.381. The van der Waals surface area contributed by atoms with Gasteiger partial charge in [-0.2, -0.15) is 0 Å². The van der Waals surface area contributed by atoms with Gasteiger partial charge in [0.25, 0.3) is 5.91 Å². The molecular formula is C21H26ClN3O4S. The number of sulfonamides is 1. The molecule has 1 unspecified atom stereocenters. The van der Waals surface area contributed by atoms with Gasteiger partial charge in [0.15, 0.2) is 0 Å². The van der Waals surface area contributed by atoms with Crippen molar-refractivity contribution in [2.24, 2.45) is 0 Å². The van der Waals surface area contributed by atoms with E-state index >= 15 is 0 Å². The molecule has 30 heavy (non-hydrogen) atoms. The van der Waals surface area contributed by atoms with E-state index in [1.54, 1.807) is 0 Å². The van der Waals surface area contributed by atoms with Crippen LogP contribution >= 0.6 is 11.6 Å². The number of hydrogen-bond acceptors (Lipinski definition) is 5. The molecule has 2 aromatic carbocycles. The van der Waals surface area contributed by atoms with Crippen LogP contribution in [0.4, 0.5) is 0 Å². The molecule has 1 atom stereocenters. The Hall–Kier alpha value is -1.97. The molecule has 0 radical (unpaired) electrons. The van der Waals surface area contributed by atoms with Crippen LogP contribution in [-0.4, -0.2) is 70.5 Å².